The van der Waals surface area contributed by atoms with E-state index in [0.717, 1.165) is 12.1 Å². The van der Waals surface area contributed by atoms with Crippen LogP contribution >= 0.6 is 12.6 Å². The Morgan fingerprint density at radius 2 is 1.94 bits per heavy atom. The SMILES string of the molecule is O=[N+]([O-])c1c(F)cc(C=CCCS)cc1F. The Hall–Kier alpha value is -1.43. The number of hydrogen-bond acceptors (Lipinski definition) is 3. The molecular weight excluding hydrogens is 236 g/mol. The van der Waals surface area contributed by atoms with Crippen LogP contribution < -0.4 is 0 Å². The van der Waals surface area contributed by atoms with E-state index in [1.165, 1.54) is 6.08 Å². The lowest BCUT2D eigenvalue weighted by Gasteiger charge is -1.98. The quantitative estimate of drug-likeness (QED) is 0.503. The van der Waals surface area contributed by atoms with Crippen molar-refractivity contribution < 1.29 is 13.7 Å². The highest BCUT2D eigenvalue weighted by Crippen LogP contribution is 2.23. The minimum Gasteiger partial charge on any atom is -0.258 e. The first-order chi connectivity index (χ1) is 7.56. The lowest BCUT2D eigenvalue weighted by atomic mass is 10.1. The summed E-state index contributed by atoms with van der Waals surface area (Å²) in [6.45, 7) is 0. The molecule has 86 valence electrons. The Kier molecular flexibility index (Phi) is 4.42. The zero-order valence-corrected chi connectivity index (χ0v) is 9.08. The number of nitro groups is 1. The largest absolute Gasteiger partial charge is 0.340 e. The number of halogens is 2. The van der Waals surface area contributed by atoms with E-state index in [1.807, 2.05) is 0 Å². The van der Waals surface area contributed by atoms with Crippen molar-refractivity contribution in [2.24, 2.45) is 0 Å². The molecule has 1 aromatic rings. The molecule has 0 saturated heterocycles. The zero-order chi connectivity index (χ0) is 12.1. The average Bonchev–Trinajstić information content (AvgIpc) is 2.16. The van der Waals surface area contributed by atoms with Gasteiger partial charge in [-0.2, -0.15) is 21.4 Å². The summed E-state index contributed by atoms with van der Waals surface area (Å²) < 4.78 is 26.3. The fourth-order valence-corrected chi connectivity index (χ4v) is 1.30. The number of thiol groups is 1. The molecule has 16 heavy (non-hydrogen) atoms. The highest BCUT2D eigenvalue weighted by Gasteiger charge is 2.21. The van der Waals surface area contributed by atoms with Crippen molar-refractivity contribution in [3.8, 4) is 0 Å². The lowest BCUT2D eigenvalue weighted by molar-refractivity contribution is -0.390. The van der Waals surface area contributed by atoms with Gasteiger partial charge in [-0.3, -0.25) is 10.1 Å². The molecule has 0 aliphatic heterocycles. The van der Waals surface area contributed by atoms with Crippen molar-refractivity contribution >= 4 is 24.4 Å². The molecule has 0 bridgehead atoms. The van der Waals surface area contributed by atoms with Crippen LogP contribution in [-0.2, 0) is 0 Å². The van der Waals surface area contributed by atoms with Crippen LogP contribution in [0.3, 0.4) is 0 Å². The van der Waals surface area contributed by atoms with E-state index >= 15 is 0 Å². The van der Waals surface area contributed by atoms with Gasteiger partial charge in [0.05, 0.1) is 4.92 Å². The van der Waals surface area contributed by atoms with Gasteiger partial charge in [-0.05, 0) is 29.9 Å². The molecule has 1 aromatic carbocycles. The van der Waals surface area contributed by atoms with E-state index in [4.69, 9.17) is 0 Å². The molecule has 0 radical (unpaired) electrons. The van der Waals surface area contributed by atoms with Crippen LogP contribution in [0.2, 0.25) is 0 Å². The van der Waals surface area contributed by atoms with Crippen molar-refractivity contribution in [1.29, 1.82) is 0 Å². The summed E-state index contributed by atoms with van der Waals surface area (Å²) in [5.41, 5.74) is -0.867. The van der Waals surface area contributed by atoms with Crippen molar-refractivity contribution in [3.63, 3.8) is 0 Å². The number of nitro benzene ring substituents is 1. The molecule has 6 heteroatoms. The van der Waals surface area contributed by atoms with Gasteiger partial charge in [-0.25, -0.2) is 0 Å². The van der Waals surface area contributed by atoms with Crippen LogP contribution in [-0.4, -0.2) is 10.7 Å². The molecule has 3 nitrogen and oxygen atoms in total. The first-order valence-corrected chi connectivity index (χ1v) is 5.10. The molecular formula is C10H9F2NO2S. The van der Waals surface area contributed by atoms with Crippen LogP contribution in [0.1, 0.15) is 12.0 Å². The first kappa shape index (κ1) is 12.6. The second-order valence-corrected chi connectivity index (χ2v) is 3.45. The topological polar surface area (TPSA) is 43.1 Å². The molecule has 0 aliphatic carbocycles. The second kappa shape index (κ2) is 5.60. The Morgan fingerprint density at radius 1 is 1.38 bits per heavy atom. The van der Waals surface area contributed by atoms with Crippen LogP contribution in [0.5, 0.6) is 0 Å². The predicted molar refractivity (Wildman–Crippen MR) is 60.5 cm³/mol. The minimum atomic E-state index is -1.17. The zero-order valence-electron chi connectivity index (χ0n) is 8.19. The van der Waals surface area contributed by atoms with E-state index in [0.29, 0.717) is 12.2 Å². The van der Waals surface area contributed by atoms with Gasteiger partial charge in [0.1, 0.15) is 0 Å². The van der Waals surface area contributed by atoms with Gasteiger partial charge >= 0.3 is 5.69 Å². The summed E-state index contributed by atoms with van der Waals surface area (Å²) in [6, 6.07) is 1.85. The monoisotopic (exact) mass is 245 g/mol. The summed E-state index contributed by atoms with van der Waals surface area (Å²) in [7, 11) is 0. The third-order valence-corrected chi connectivity index (χ3v) is 2.09. The van der Waals surface area contributed by atoms with Gasteiger partial charge in [-0.15, -0.1) is 0 Å². The van der Waals surface area contributed by atoms with Crippen molar-refractivity contribution in [3.05, 3.63) is 45.5 Å². The molecule has 0 aliphatic rings. The highest BCUT2D eigenvalue weighted by atomic mass is 32.1. The first-order valence-electron chi connectivity index (χ1n) is 4.47. The Bertz CT molecular complexity index is 412. The van der Waals surface area contributed by atoms with Gasteiger partial charge in [0.15, 0.2) is 0 Å². The van der Waals surface area contributed by atoms with Crippen LogP contribution in [0.15, 0.2) is 18.2 Å². The number of nitrogens with zero attached hydrogens (tertiary/aromatic N) is 1. The van der Waals surface area contributed by atoms with Crippen LogP contribution in [0.4, 0.5) is 14.5 Å². The number of hydrogen-bond donors (Lipinski definition) is 1. The molecule has 0 fully saturated rings. The van der Waals surface area contributed by atoms with E-state index in [1.54, 1.807) is 6.08 Å². The van der Waals surface area contributed by atoms with E-state index < -0.39 is 22.2 Å². The van der Waals surface area contributed by atoms with Gasteiger partial charge in [-0.1, -0.05) is 12.2 Å². The summed E-state index contributed by atoms with van der Waals surface area (Å²) in [5, 5.41) is 10.3. The predicted octanol–water partition coefficient (Wildman–Crippen LogP) is 3.21. The van der Waals surface area contributed by atoms with Gasteiger partial charge < -0.3 is 0 Å². The van der Waals surface area contributed by atoms with Crippen molar-refractivity contribution in [1.82, 2.24) is 0 Å². The van der Waals surface area contributed by atoms with Crippen molar-refractivity contribution in [2.75, 3.05) is 5.75 Å². The Balaban J connectivity index is 3.05. The average molecular weight is 245 g/mol. The van der Waals surface area contributed by atoms with Crippen LogP contribution in [0, 0.1) is 21.7 Å². The molecule has 0 aromatic heterocycles. The maximum absolute atomic E-state index is 13.1. The fourth-order valence-electron chi connectivity index (χ4n) is 1.15. The maximum atomic E-state index is 13.1. The smallest absolute Gasteiger partial charge is 0.258 e. The van der Waals surface area contributed by atoms with E-state index in [9.17, 15) is 18.9 Å². The highest BCUT2D eigenvalue weighted by molar-refractivity contribution is 7.80. The molecule has 0 N–H and O–H groups in total. The summed E-state index contributed by atoms with van der Waals surface area (Å²) in [4.78, 5) is 9.23. The summed E-state index contributed by atoms with van der Waals surface area (Å²) >= 11 is 3.96. The third kappa shape index (κ3) is 3.03. The molecule has 1 rings (SSSR count). The fraction of sp³-hybridized carbons (Fsp3) is 0.200. The summed E-state index contributed by atoms with van der Waals surface area (Å²) in [5.74, 6) is -1.72. The van der Waals surface area contributed by atoms with Gasteiger partial charge in [0.25, 0.3) is 0 Å². The standard InChI is InChI=1S/C10H9F2NO2S/c11-8-5-7(3-1-2-4-16)6-9(12)10(8)13(14)15/h1,3,5-6,16H,2,4H2. The van der Waals surface area contributed by atoms with Gasteiger partial charge in [0, 0.05) is 0 Å². The molecule has 0 unspecified atom stereocenters. The van der Waals surface area contributed by atoms with E-state index in [2.05, 4.69) is 12.6 Å². The Labute approximate surface area is 96.3 Å². The van der Waals surface area contributed by atoms with Gasteiger partial charge in [0.2, 0.25) is 11.6 Å². The minimum absolute atomic E-state index is 0.252. The molecule has 0 saturated carbocycles. The molecule has 0 amide bonds. The molecule has 0 heterocycles. The number of benzene rings is 1. The normalized spacial score (nSPS) is 10.9. The number of rotatable bonds is 4. The Morgan fingerprint density at radius 3 is 2.38 bits per heavy atom. The second-order valence-electron chi connectivity index (χ2n) is 3.00. The third-order valence-electron chi connectivity index (χ3n) is 1.83. The van der Waals surface area contributed by atoms with Crippen LogP contribution in [0.25, 0.3) is 6.08 Å². The number of allylic oxidation sites excluding steroid dienone is 1. The van der Waals surface area contributed by atoms with E-state index in [-0.39, 0.29) is 5.56 Å². The van der Waals surface area contributed by atoms with Crippen molar-refractivity contribution in [2.45, 2.75) is 6.42 Å². The molecule has 0 spiro atoms. The molecule has 0 atom stereocenters. The summed E-state index contributed by atoms with van der Waals surface area (Å²) in [6.07, 6.45) is 3.84. The maximum Gasteiger partial charge on any atom is 0.340 e. The lowest BCUT2D eigenvalue weighted by Crippen LogP contribution is -1.97.